The first-order valence-corrected chi connectivity index (χ1v) is 7.04. The number of imidazole rings is 1. The lowest BCUT2D eigenvalue weighted by molar-refractivity contribution is 0.629. The van der Waals surface area contributed by atoms with E-state index in [9.17, 15) is 4.39 Å². The molecule has 3 rings (SSSR count). The van der Waals surface area contributed by atoms with Gasteiger partial charge in [0.05, 0.1) is 16.7 Å². The number of hydrogen-bond donors (Lipinski definition) is 1. The molecule has 0 aliphatic heterocycles. The number of aromatic nitrogens is 2. The van der Waals surface area contributed by atoms with Gasteiger partial charge in [0.2, 0.25) is 5.95 Å². The Morgan fingerprint density at radius 1 is 1.11 bits per heavy atom. The second kappa shape index (κ2) is 4.61. The molecule has 0 spiro atoms. The quantitative estimate of drug-likeness (QED) is 0.680. The topological polar surface area (TPSA) is 43.8 Å². The molecule has 6 heteroatoms. The fraction of sp³-hybridized carbons (Fsp3) is 0. The maximum Gasteiger partial charge on any atom is 0.205 e. The van der Waals surface area contributed by atoms with Crippen molar-refractivity contribution in [3.8, 4) is 5.69 Å². The summed E-state index contributed by atoms with van der Waals surface area (Å²) in [7, 11) is 0. The van der Waals surface area contributed by atoms with E-state index in [2.05, 4.69) is 36.8 Å². The normalized spacial score (nSPS) is 11.1. The molecule has 0 amide bonds. The third-order valence-corrected chi connectivity index (χ3v) is 3.92. The van der Waals surface area contributed by atoms with Gasteiger partial charge in [-0.25, -0.2) is 9.37 Å². The maximum absolute atomic E-state index is 13.4. The van der Waals surface area contributed by atoms with Crippen LogP contribution in [0.4, 0.5) is 10.3 Å². The highest BCUT2D eigenvalue weighted by Crippen LogP contribution is 2.30. The summed E-state index contributed by atoms with van der Waals surface area (Å²) in [5.41, 5.74) is 8.05. The van der Waals surface area contributed by atoms with Crippen molar-refractivity contribution in [2.45, 2.75) is 0 Å². The first-order chi connectivity index (χ1) is 9.06. The molecule has 0 fully saturated rings. The Balaban J connectivity index is 2.35. The van der Waals surface area contributed by atoms with Crippen molar-refractivity contribution >= 4 is 48.8 Å². The number of rotatable bonds is 1. The molecule has 0 unspecified atom stereocenters. The molecule has 0 saturated heterocycles. The standard InChI is InChI=1S/C13H8Br2FN3/c14-7-1-4-11(9(15)5-7)19-12-6-8(16)2-3-10(12)18-13(19)17/h1-6H,(H2,17,18). The van der Waals surface area contributed by atoms with Gasteiger partial charge >= 0.3 is 0 Å². The number of hydrogen-bond acceptors (Lipinski definition) is 2. The van der Waals surface area contributed by atoms with Gasteiger partial charge in [0, 0.05) is 15.0 Å². The summed E-state index contributed by atoms with van der Waals surface area (Å²) in [6, 6.07) is 10.1. The van der Waals surface area contributed by atoms with Crippen LogP contribution in [0.15, 0.2) is 45.3 Å². The molecular weight excluding hydrogens is 377 g/mol. The molecule has 96 valence electrons. The van der Waals surface area contributed by atoms with Crippen molar-refractivity contribution in [1.82, 2.24) is 9.55 Å². The lowest BCUT2D eigenvalue weighted by atomic mass is 10.2. The predicted octanol–water partition coefficient (Wildman–Crippen LogP) is 4.27. The monoisotopic (exact) mass is 383 g/mol. The summed E-state index contributed by atoms with van der Waals surface area (Å²) in [4.78, 5) is 4.24. The minimum Gasteiger partial charge on any atom is -0.369 e. The van der Waals surface area contributed by atoms with Crippen LogP contribution in [0.5, 0.6) is 0 Å². The first kappa shape index (κ1) is 12.6. The van der Waals surface area contributed by atoms with Gasteiger partial charge in [-0.15, -0.1) is 0 Å². The number of benzene rings is 2. The molecule has 1 heterocycles. The van der Waals surface area contributed by atoms with Crippen molar-refractivity contribution in [3.63, 3.8) is 0 Å². The van der Waals surface area contributed by atoms with Gasteiger partial charge in [0.25, 0.3) is 0 Å². The Labute approximate surface area is 125 Å². The predicted molar refractivity (Wildman–Crippen MR) is 80.8 cm³/mol. The zero-order valence-electron chi connectivity index (χ0n) is 9.57. The molecule has 0 radical (unpaired) electrons. The first-order valence-electron chi connectivity index (χ1n) is 5.45. The summed E-state index contributed by atoms with van der Waals surface area (Å²) >= 11 is 6.87. The number of nitrogens with two attached hydrogens (primary N) is 1. The molecular formula is C13H8Br2FN3. The van der Waals surface area contributed by atoms with Crippen molar-refractivity contribution in [2.75, 3.05) is 5.73 Å². The minimum atomic E-state index is -0.318. The lowest BCUT2D eigenvalue weighted by Crippen LogP contribution is -2.01. The maximum atomic E-state index is 13.4. The summed E-state index contributed by atoms with van der Waals surface area (Å²) in [5, 5.41) is 0. The van der Waals surface area contributed by atoms with Crippen LogP contribution >= 0.6 is 31.9 Å². The SMILES string of the molecule is Nc1nc2ccc(F)cc2n1-c1ccc(Br)cc1Br. The van der Waals surface area contributed by atoms with E-state index in [1.807, 2.05) is 18.2 Å². The number of anilines is 1. The van der Waals surface area contributed by atoms with Gasteiger partial charge in [0.15, 0.2) is 0 Å². The number of fused-ring (bicyclic) bond motifs is 1. The van der Waals surface area contributed by atoms with E-state index in [4.69, 9.17) is 5.73 Å². The zero-order valence-corrected chi connectivity index (χ0v) is 12.7. The van der Waals surface area contributed by atoms with Gasteiger partial charge in [-0.3, -0.25) is 4.57 Å². The molecule has 3 nitrogen and oxygen atoms in total. The Bertz CT molecular complexity index is 783. The van der Waals surface area contributed by atoms with Crippen LogP contribution in [0.1, 0.15) is 0 Å². The number of halogens is 3. The van der Waals surface area contributed by atoms with Crippen molar-refractivity contribution in [1.29, 1.82) is 0 Å². The van der Waals surface area contributed by atoms with Gasteiger partial charge in [0.1, 0.15) is 5.82 Å². The van der Waals surface area contributed by atoms with E-state index in [1.165, 1.54) is 12.1 Å². The highest BCUT2D eigenvalue weighted by Gasteiger charge is 2.13. The van der Waals surface area contributed by atoms with Gasteiger partial charge in [-0.2, -0.15) is 0 Å². The fourth-order valence-corrected chi connectivity index (χ4v) is 3.21. The van der Waals surface area contributed by atoms with Crippen LogP contribution in [0.3, 0.4) is 0 Å². The van der Waals surface area contributed by atoms with Crippen LogP contribution in [-0.2, 0) is 0 Å². The lowest BCUT2D eigenvalue weighted by Gasteiger charge is -2.09. The fourth-order valence-electron chi connectivity index (χ4n) is 1.98. The van der Waals surface area contributed by atoms with Crippen LogP contribution in [-0.4, -0.2) is 9.55 Å². The highest BCUT2D eigenvalue weighted by molar-refractivity contribution is 9.11. The molecule has 0 atom stereocenters. The van der Waals surface area contributed by atoms with Crippen LogP contribution in [0.2, 0.25) is 0 Å². The van der Waals surface area contributed by atoms with E-state index < -0.39 is 0 Å². The Kier molecular flexibility index (Phi) is 3.06. The molecule has 1 aromatic heterocycles. The summed E-state index contributed by atoms with van der Waals surface area (Å²) in [6.07, 6.45) is 0. The van der Waals surface area contributed by atoms with E-state index in [-0.39, 0.29) is 5.82 Å². The van der Waals surface area contributed by atoms with Gasteiger partial charge < -0.3 is 5.73 Å². The van der Waals surface area contributed by atoms with Crippen LogP contribution < -0.4 is 5.73 Å². The highest BCUT2D eigenvalue weighted by atomic mass is 79.9. The zero-order chi connectivity index (χ0) is 13.6. The summed E-state index contributed by atoms with van der Waals surface area (Å²) in [6.45, 7) is 0. The second-order valence-electron chi connectivity index (χ2n) is 4.03. The molecule has 0 aliphatic rings. The molecule has 2 aromatic carbocycles. The third-order valence-electron chi connectivity index (χ3n) is 2.79. The molecule has 0 aliphatic carbocycles. The smallest absolute Gasteiger partial charge is 0.205 e. The van der Waals surface area contributed by atoms with Crippen LogP contribution in [0.25, 0.3) is 16.7 Å². The molecule has 19 heavy (non-hydrogen) atoms. The molecule has 2 N–H and O–H groups in total. The Morgan fingerprint density at radius 3 is 2.63 bits per heavy atom. The third kappa shape index (κ3) is 2.15. The van der Waals surface area contributed by atoms with Crippen molar-refractivity contribution < 1.29 is 4.39 Å². The van der Waals surface area contributed by atoms with Crippen LogP contribution in [0, 0.1) is 5.82 Å². The van der Waals surface area contributed by atoms with E-state index in [0.717, 1.165) is 14.6 Å². The van der Waals surface area contributed by atoms with E-state index in [1.54, 1.807) is 10.6 Å². The summed E-state index contributed by atoms with van der Waals surface area (Å²) < 4.78 is 16.9. The van der Waals surface area contributed by atoms with E-state index in [0.29, 0.717) is 17.0 Å². The van der Waals surface area contributed by atoms with Crippen molar-refractivity contribution in [3.05, 3.63) is 51.2 Å². The second-order valence-corrected chi connectivity index (χ2v) is 5.80. The largest absolute Gasteiger partial charge is 0.369 e. The van der Waals surface area contributed by atoms with Gasteiger partial charge in [-0.1, -0.05) is 15.9 Å². The molecule has 0 bridgehead atoms. The Morgan fingerprint density at radius 2 is 1.89 bits per heavy atom. The van der Waals surface area contributed by atoms with Crippen molar-refractivity contribution in [2.24, 2.45) is 0 Å². The molecule has 3 aromatic rings. The van der Waals surface area contributed by atoms with Gasteiger partial charge in [-0.05, 0) is 46.3 Å². The average molecular weight is 385 g/mol. The number of nitrogens with zero attached hydrogens (tertiary/aromatic N) is 2. The average Bonchev–Trinajstić information content (AvgIpc) is 2.65. The number of nitrogen functional groups attached to an aromatic ring is 1. The Hall–Kier alpha value is -1.40. The van der Waals surface area contributed by atoms with E-state index >= 15 is 0 Å². The molecule has 0 saturated carbocycles. The summed E-state index contributed by atoms with van der Waals surface area (Å²) in [5.74, 6) is 0.00510. The minimum absolute atomic E-state index is 0.318.